The minimum absolute atomic E-state index is 0.198. The fourth-order valence-corrected chi connectivity index (χ4v) is 6.77. The highest BCUT2D eigenvalue weighted by atomic mass is 16.3. The lowest BCUT2D eigenvalue weighted by atomic mass is 9.84. The summed E-state index contributed by atoms with van der Waals surface area (Å²) in [5.74, 6) is 0. The van der Waals surface area contributed by atoms with E-state index < -0.39 is 6.04 Å². The molecule has 0 aliphatic heterocycles. The maximum absolute atomic E-state index is 8.48. The van der Waals surface area contributed by atoms with E-state index >= 15 is 0 Å². The molecule has 1 heteroatoms. The second-order valence-electron chi connectivity index (χ2n) is 11.3. The van der Waals surface area contributed by atoms with Gasteiger partial charge in [0.25, 0.3) is 0 Å². The minimum atomic E-state index is -0.394. The van der Waals surface area contributed by atoms with E-state index in [-0.39, 0.29) is 29.7 Å². The fraction of sp³-hybridized carbons (Fsp3) is 0. The van der Waals surface area contributed by atoms with Gasteiger partial charge in [-0.2, -0.15) is 0 Å². The van der Waals surface area contributed by atoms with E-state index in [4.69, 9.17) is 11.3 Å². The lowest BCUT2D eigenvalue weighted by Crippen LogP contribution is -1.91. The molecule has 0 unspecified atom stereocenters. The zero-order valence-corrected chi connectivity index (χ0v) is 24.2. The SMILES string of the molecule is [2H]c1c([2H])c([2H])c(-c2ccc(-c3c4ccccc4c(-c4cccc5oc6cc(-c7ccccc7)ccc6c45)c4ccccc34)cc2)c([2H])c1[2H]. The van der Waals surface area contributed by atoms with Crippen LogP contribution < -0.4 is 0 Å². The van der Waals surface area contributed by atoms with E-state index in [9.17, 15) is 0 Å². The molecule has 0 aliphatic rings. The molecule has 0 aliphatic carbocycles. The molecule has 45 heavy (non-hydrogen) atoms. The van der Waals surface area contributed by atoms with Crippen molar-refractivity contribution in [2.45, 2.75) is 0 Å². The molecule has 0 fully saturated rings. The first-order valence-corrected chi connectivity index (χ1v) is 15.0. The summed E-state index contributed by atoms with van der Waals surface area (Å²) in [6.45, 7) is 0. The van der Waals surface area contributed by atoms with Gasteiger partial charge in [0.1, 0.15) is 11.2 Å². The molecular formula is C44H28O. The van der Waals surface area contributed by atoms with Crippen LogP contribution in [0.1, 0.15) is 6.85 Å². The van der Waals surface area contributed by atoms with Gasteiger partial charge in [-0.05, 0) is 84.3 Å². The van der Waals surface area contributed by atoms with Crippen LogP contribution in [0.2, 0.25) is 0 Å². The second-order valence-corrected chi connectivity index (χ2v) is 11.3. The van der Waals surface area contributed by atoms with Crippen molar-refractivity contribution < 1.29 is 11.3 Å². The molecule has 1 nitrogen and oxygen atoms in total. The van der Waals surface area contributed by atoms with Crippen LogP contribution in [0.15, 0.2) is 174 Å². The average Bonchev–Trinajstić information content (AvgIpc) is 3.54. The lowest BCUT2D eigenvalue weighted by Gasteiger charge is -2.18. The Morgan fingerprint density at radius 3 is 1.64 bits per heavy atom. The Kier molecular flexibility index (Phi) is 4.81. The highest BCUT2D eigenvalue weighted by molar-refractivity contribution is 6.25. The van der Waals surface area contributed by atoms with Gasteiger partial charge >= 0.3 is 0 Å². The highest BCUT2D eigenvalue weighted by Gasteiger charge is 2.20. The minimum Gasteiger partial charge on any atom is -0.456 e. The molecule has 0 saturated carbocycles. The number of hydrogen-bond acceptors (Lipinski definition) is 1. The Balaban J connectivity index is 1.27. The molecule has 0 amide bonds. The number of furan rings is 1. The van der Waals surface area contributed by atoms with Crippen molar-refractivity contribution in [3.8, 4) is 44.5 Å². The molecule has 0 saturated heterocycles. The first kappa shape index (κ1) is 20.9. The molecule has 0 atom stereocenters. The van der Waals surface area contributed by atoms with Crippen LogP contribution in [-0.2, 0) is 0 Å². The molecule has 1 aromatic heterocycles. The monoisotopic (exact) mass is 577 g/mol. The van der Waals surface area contributed by atoms with Crippen LogP contribution in [0.4, 0.5) is 0 Å². The third kappa shape index (κ3) is 4.17. The van der Waals surface area contributed by atoms with Crippen molar-refractivity contribution in [3.05, 3.63) is 170 Å². The van der Waals surface area contributed by atoms with Gasteiger partial charge in [-0.25, -0.2) is 0 Å². The van der Waals surface area contributed by atoms with E-state index in [1.807, 2.05) is 48.5 Å². The van der Waals surface area contributed by atoms with E-state index in [0.717, 1.165) is 76.9 Å². The molecule has 0 spiro atoms. The molecule has 0 bridgehead atoms. The predicted octanol–water partition coefficient (Wildman–Crippen LogP) is 12.6. The van der Waals surface area contributed by atoms with Crippen molar-refractivity contribution in [3.63, 3.8) is 0 Å². The summed E-state index contributed by atoms with van der Waals surface area (Å²) in [7, 11) is 0. The first-order valence-electron chi connectivity index (χ1n) is 17.5. The smallest absolute Gasteiger partial charge is 0.136 e. The van der Waals surface area contributed by atoms with Gasteiger partial charge in [0.2, 0.25) is 0 Å². The number of hydrogen-bond donors (Lipinski definition) is 0. The standard InChI is InChI=1S/C44H28O/c1-3-12-29(13-4-1)31-22-24-32(25-23-31)42-34-16-7-9-18-36(34)43(37-19-10-8-17-35(37)42)39-20-11-21-40-44(39)38-27-26-33(28-41(38)45-40)30-14-5-2-6-15-30/h1-28H/i1D,3D,4D,12D,13D. The Morgan fingerprint density at radius 1 is 0.378 bits per heavy atom. The summed E-state index contributed by atoms with van der Waals surface area (Å²) < 4.78 is 47.8. The van der Waals surface area contributed by atoms with E-state index in [2.05, 4.69) is 91.0 Å². The van der Waals surface area contributed by atoms with Crippen LogP contribution in [0.25, 0.3) is 88.0 Å². The van der Waals surface area contributed by atoms with Gasteiger partial charge in [0.05, 0.1) is 6.85 Å². The Morgan fingerprint density at radius 2 is 0.956 bits per heavy atom. The van der Waals surface area contributed by atoms with Crippen LogP contribution in [0, 0.1) is 0 Å². The van der Waals surface area contributed by atoms with Crippen LogP contribution >= 0.6 is 0 Å². The van der Waals surface area contributed by atoms with Crippen molar-refractivity contribution in [2.24, 2.45) is 0 Å². The highest BCUT2D eigenvalue weighted by Crippen LogP contribution is 2.47. The summed E-state index contributed by atoms with van der Waals surface area (Å²) in [5, 5.41) is 6.54. The second kappa shape index (κ2) is 10.4. The topological polar surface area (TPSA) is 13.1 Å². The van der Waals surface area contributed by atoms with Crippen LogP contribution in [0.3, 0.4) is 0 Å². The Hall–Kier alpha value is -5.92. The van der Waals surface area contributed by atoms with Crippen molar-refractivity contribution in [1.82, 2.24) is 0 Å². The van der Waals surface area contributed by atoms with Crippen molar-refractivity contribution in [2.75, 3.05) is 0 Å². The molecule has 9 rings (SSSR count). The molecule has 210 valence electrons. The summed E-state index contributed by atoms with van der Waals surface area (Å²) in [6.07, 6.45) is 0. The van der Waals surface area contributed by atoms with Gasteiger partial charge in [0.15, 0.2) is 0 Å². The van der Waals surface area contributed by atoms with Gasteiger partial charge in [-0.15, -0.1) is 0 Å². The van der Waals surface area contributed by atoms with Crippen LogP contribution in [-0.4, -0.2) is 0 Å². The Bertz CT molecular complexity index is 2720. The molecule has 1 heterocycles. The zero-order valence-electron chi connectivity index (χ0n) is 29.2. The molecule has 9 aromatic rings. The average molecular weight is 578 g/mol. The molecular weight excluding hydrogens is 544 g/mol. The molecule has 0 N–H and O–H groups in total. The van der Waals surface area contributed by atoms with Crippen molar-refractivity contribution in [1.29, 1.82) is 0 Å². The maximum atomic E-state index is 8.48. The summed E-state index contributed by atoms with van der Waals surface area (Å²) in [6, 6.07) is 46.2. The van der Waals surface area contributed by atoms with E-state index in [0.29, 0.717) is 5.56 Å². The van der Waals surface area contributed by atoms with Gasteiger partial charge in [-0.3, -0.25) is 0 Å². The van der Waals surface area contributed by atoms with E-state index in [1.165, 1.54) is 0 Å². The third-order valence-electron chi connectivity index (χ3n) is 8.77. The summed E-state index contributed by atoms with van der Waals surface area (Å²) in [5.41, 5.74) is 8.99. The lowest BCUT2D eigenvalue weighted by molar-refractivity contribution is 0.669. The molecule has 8 aromatic carbocycles. The Labute approximate surface area is 268 Å². The number of rotatable bonds is 4. The summed E-state index contributed by atoms with van der Waals surface area (Å²) >= 11 is 0. The first-order chi connectivity index (χ1) is 24.4. The fourth-order valence-electron chi connectivity index (χ4n) is 6.77. The number of benzene rings is 8. The summed E-state index contributed by atoms with van der Waals surface area (Å²) in [4.78, 5) is 0. The number of fused-ring (bicyclic) bond motifs is 5. The van der Waals surface area contributed by atoms with Gasteiger partial charge in [0, 0.05) is 10.8 Å². The van der Waals surface area contributed by atoms with Gasteiger partial charge < -0.3 is 4.42 Å². The predicted molar refractivity (Wildman–Crippen MR) is 190 cm³/mol. The zero-order chi connectivity index (χ0) is 34.1. The van der Waals surface area contributed by atoms with Gasteiger partial charge in [-0.1, -0.05) is 152 Å². The third-order valence-corrected chi connectivity index (χ3v) is 8.77. The van der Waals surface area contributed by atoms with Crippen molar-refractivity contribution >= 4 is 43.5 Å². The normalized spacial score (nSPS) is 13.1. The quantitative estimate of drug-likeness (QED) is 0.190. The van der Waals surface area contributed by atoms with Crippen LogP contribution in [0.5, 0.6) is 0 Å². The molecule has 0 radical (unpaired) electrons. The maximum Gasteiger partial charge on any atom is 0.136 e. The van der Waals surface area contributed by atoms with E-state index in [1.54, 1.807) is 0 Å². The largest absolute Gasteiger partial charge is 0.456 e.